The molecule has 102 valence electrons. The average molecular weight is 271 g/mol. The minimum atomic E-state index is -1.03. The molecule has 0 unspecified atom stereocenters. The third-order valence-electron chi connectivity index (χ3n) is 2.56. The van der Waals surface area contributed by atoms with Gasteiger partial charge in [0.25, 0.3) is 0 Å². The lowest BCUT2D eigenvalue weighted by molar-refractivity contribution is 0.0696. The van der Waals surface area contributed by atoms with Crippen molar-refractivity contribution >= 4 is 12.0 Å². The van der Waals surface area contributed by atoms with Crippen molar-refractivity contribution in [1.29, 1.82) is 0 Å². The van der Waals surface area contributed by atoms with E-state index in [9.17, 15) is 4.79 Å². The molecule has 1 aromatic carbocycles. The number of carbonyl (C=O) groups is 1. The third-order valence-corrected chi connectivity index (χ3v) is 2.56. The molecule has 0 fully saturated rings. The lowest BCUT2D eigenvalue weighted by Gasteiger charge is -2.02. The molecule has 5 heteroatoms. The smallest absolute Gasteiger partial charge is 0.337 e. The SMILES string of the molecule is COc1ccc(OC=Cc2ncccc2C(=O)O)cc1. The largest absolute Gasteiger partial charge is 0.497 e. The van der Waals surface area contributed by atoms with Gasteiger partial charge in [-0.05, 0) is 42.5 Å². The van der Waals surface area contributed by atoms with E-state index in [1.165, 1.54) is 24.6 Å². The number of carboxylic acids is 1. The zero-order valence-electron chi connectivity index (χ0n) is 10.8. The van der Waals surface area contributed by atoms with E-state index in [1.54, 1.807) is 37.4 Å². The van der Waals surface area contributed by atoms with Gasteiger partial charge in [-0.2, -0.15) is 0 Å². The number of nitrogens with zero attached hydrogens (tertiary/aromatic N) is 1. The fourth-order valence-electron chi connectivity index (χ4n) is 1.56. The van der Waals surface area contributed by atoms with E-state index >= 15 is 0 Å². The Balaban J connectivity index is 2.08. The summed E-state index contributed by atoms with van der Waals surface area (Å²) >= 11 is 0. The zero-order chi connectivity index (χ0) is 14.4. The van der Waals surface area contributed by atoms with Crippen LogP contribution in [-0.2, 0) is 0 Å². The number of rotatable bonds is 5. The number of ether oxygens (including phenoxy) is 2. The molecule has 1 aromatic heterocycles. The van der Waals surface area contributed by atoms with Crippen molar-refractivity contribution in [2.45, 2.75) is 0 Å². The monoisotopic (exact) mass is 271 g/mol. The lowest BCUT2D eigenvalue weighted by Crippen LogP contribution is -2.00. The van der Waals surface area contributed by atoms with Gasteiger partial charge in [0.2, 0.25) is 0 Å². The fourth-order valence-corrected chi connectivity index (χ4v) is 1.56. The molecule has 1 N–H and O–H groups in total. The summed E-state index contributed by atoms with van der Waals surface area (Å²) < 4.78 is 10.4. The third kappa shape index (κ3) is 3.35. The van der Waals surface area contributed by atoms with Crippen LogP contribution in [-0.4, -0.2) is 23.2 Å². The standard InChI is InChI=1S/C15H13NO4/c1-19-11-4-6-12(7-5-11)20-10-8-14-13(15(17)18)3-2-9-16-14/h2-10H,1H3,(H,17,18). The van der Waals surface area contributed by atoms with Gasteiger partial charge in [-0.1, -0.05) is 0 Å². The van der Waals surface area contributed by atoms with Crippen LogP contribution in [0.4, 0.5) is 0 Å². The van der Waals surface area contributed by atoms with Gasteiger partial charge in [0.1, 0.15) is 11.5 Å². The Kier molecular flexibility index (Phi) is 4.34. The highest BCUT2D eigenvalue weighted by Gasteiger charge is 2.07. The first-order valence-corrected chi connectivity index (χ1v) is 5.86. The molecule has 0 saturated carbocycles. The van der Waals surface area contributed by atoms with Crippen molar-refractivity contribution in [2.75, 3.05) is 7.11 Å². The van der Waals surface area contributed by atoms with Gasteiger partial charge >= 0.3 is 5.97 Å². The van der Waals surface area contributed by atoms with Gasteiger partial charge in [-0.3, -0.25) is 4.98 Å². The van der Waals surface area contributed by atoms with Crippen LogP contribution in [0, 0.1) is 0 Å². The molecule has 2 rings (SSSR count). The second-order valence-electron chi connectivity index (χ2n) is 3.84. The molecule has 2 aromatic rings. The molecular formula is C15H13NO4. The van der Waals surface area contributed by atoms with Gasteiger partial charge in [-0.15, -0.1) is 0 Å². The van der Waals surface area contributed by atoms with E-state index in [0.29, 0.717) is 11.4 Å². The molecule has 20 heavy (non-hydrogen) atoms. The van der Waals surface area contributed by atoms with Crippen molar-refractivity contribution in [3.8, 4) is 11.5 Å². The Morgan fingerprint density at radius 2 is 1.90 bits per heavy atom. The highest BCUT2D eigenvalue weighted by Crippen LogP contribution is 2.17. The van der Waals surface area contributed by atoms with Crippen LogP contribution in [0.15, 0.2) is 48.9 Å². The van der Waals surface area contributed by atoms with Crippen LogP contribution in [0.3, 0.4) is 0 Å². The number of methoxy groups -OCH3 is 1. The molecule has 5 nitrogen and oxygen atoms in total. The van der Waals surface area contributed by atoms with E-state index in [0.717, 1.165) is 5.75 Å². The van der Waals surface area contributed by atoms with Crippen LogP contribution in [0.2, 0.25) is 0 Å². The predicted octanol–water partition coefficient (Wildman–Crippen LogP) is 2.84. The number of pyridine rings is 1. The Morgan fingerprint density at radius 1 is 1.20 bits per heavy atom. The molecule has 1 heterocycles. The first-order valence-electron chi connectivity index (χ1n) is 5.86. The topological polar surface area (TPSA) is 68.7 Å². The zero-order valence-corrected chi connectivity index (χ0v) is 10.8. The van der Waals surface area contributed by atoms with Gasteiger partial charge in [0.15, 0.2) is 0 Å². The summed E-state index contributed by atoms with van der Waals surface area (Å²) in [7, 11) is 1.59. The van der Waals surface area contributed by atoms with Gasteiger partial charge in [-0.25, -0.2) is 4.79 Å². The van der Waals surface area contributed by atoms with Crippen LogP contribution >= 0.6 is 0 Å². The highest BCUT2D eigenvalue weighted by atomic mass is 16.5. The van der Waals surface area contributed by atoms with Crippen LogP contribution in [0.25, 0.3) is 6.08 Å². The summed E-state index contributed by atoms with van der Waals surface area (Å²) in [6, 6.07) is 10.1. The summed E-state index contributed by atoms with van der Waals surface area (Å²) in [5.41, 5.74) is 0.468. The van der Waals surface area contributed by atoms with E-state index in [-0.39, 0.29) is 5.56 Å². The van der Waals surface area contributed by atoms with Crippen molar-refractivity contribution in [3.05, 3.63) is 60.1 Å². The Hall–Kier alpha value is -2.82. The minimum Gasteiger partial charge on any atom is -0.497 e. The summed E-state index contributed by atoms with van der Waals surface area (Å²) in [4.78, 5) is 15.0. The number of benzene rings is 1. The Morgan fingerprint density at radius 3 is 2.55 bits per heavy atom. The maximum absolute atomic E-state index is 11.0. The van der Waals surface area contributed by atoms with E-state index in [1.807, 2.05) is 0 Å². The molecular weight excluding hydrogens is 258 g/mol. The molecule has 0 spiro atoms. The first kappa shape index (κ1) is 13.6. The molecule has 0 aliphatic carbocycles. The summed E-state index contributed by atoms with van der Waals surface area (Å²) in [5.74, 6) is 0.330. The first-order chi connectivity index (χ1) is 9.70. The second-order valence-corrected chi connectivity index (χ2v) is 3.84. The maximum atomic E-state index is 11.0. The van der Waals surface area contributed by atoms with Gasteiger partial charge < -0.3 is 14.6 Å². The van der Waals surface area contributed by atoms with Crippen molar-refractivity contribution in [2.24, 2.45) is 0 Å². The number of hydrogen-bond donors (Lipinski definition) is 1. The molecule has 0 radical (unpaired) electrons. The quantitative estimate of drug-likeness (QED) is 0.847. The minimum absolute atomic E-state index is 0.127. The van der Waals surface area contributed by atoms with Crippen LogP contribution in [0.5, 0.6) is 11.5 Å². The normalized spacial score (nSPS) is 10.4. The number of hydrogen-bond acceptors (Lipinski definition) is 4. The van der Waals surface area contributed by atoms with Gasteiger partial charge in [0, 0.05) is 6.20 Å². The lowest BCUT2D eigenvalue weighted by atomic mass is 10.2. The Labute approximate surface area is 116 Å². The molecule has 0 amide bonds. The maximum Gasteiger partial charge on any atom is 0.337 e. The van der Waals surface area contributed by atoms with E-state index in [2.05, 4.69) is 4.98 Å². The average Bonchev–Trinajstić information content (AvgIpc) is 2.48. The van der Waals surface area contributed by atoms with Crippen LogP contribution in [0.1, 0.15) is 16.1 Å². The van der Waals surface area contributed by atoms with Crippen molar-refractivity contribution < 1.29 is 19.4 Å². The summed E-state index contributed by atoms with van der Waals surface area (Å²) in [5, 5.41) is 9.01. The molecule has 0 aliphatic heterocycles. The summed E-state index contributed by atoms with van der Waals surface area (Å²) in [6.07, 6.45) is 4.43. The molecule has 0 saturated heterocycles. The molecule has 0 bridgehead atoms. The predicted molar refractivity (Wildman–Crippen MR) is 73.9 cm³/mol. The highest BCUT2D eigenvalue weighted by molar-refractivity contribution is 5.91. The fraction of sp³-hybridized carbons (Fsp3) is 0.0667. The van der Waals surface area contributed by atoms with Crippen molar-refractivity contribution in [1.82, 2.24) is 4.98 Å². The Bertz CT molecular complexity index is 620. The molecule has 0 atom stereocenters. The number of aromatic carboxylic acids is 1. The second kappa shape index (κ2) is 6.38. The molecule has 0 aliphatic rings. The van der Waals surface area contributed by atoms with Gasteiger partial charge in [0.05, 0.1) is 24.6 Å². The number of carboxylic acid groups (broad SMARTS) is 1. The van der Waals surface area contributed by atoms with E-state index in [4.69, 9.17) is 14.6 Å². The summed E-state index contributed by atoms with van der Waals surface area (Å²) in [6.45, 7) is 0. The van der Waals surface area contributed by atoms with Crippen molar-refractivity contribution in [3.63, 3.8) is 0 Å². The number of aromatic nitrogens is 1. The van der Waals surface area contributed by atoms with E-state index < -0.39 is 5.97 Å². The van der Waals surface area contributed by atoms with Crippen LogP contribution < -0.4 is 9.47 Å².